The molecule has 0 spiro atoms. The number of anilines is 3. The monoisotopic (exact) mass is 679 g/mol. The van der Waals surface area contributed by atoms with E-state index in [2.05, 4.69) is 207 Å². The molecule has 1 heterocycles. The summed E-state index contributed by atoms with van der Waals surface area (Å²) in [5, 5.41) is 2.22. The third-order valence-electron chi connectivity index (χ3n) is 11.1. The molecule has 1 aliphatic rings. The minimum atomic E-state index is -0.128. The molecule has 0 radical (unpaired) electrons. The van der Waals surface area contributed by atoms with Gasteiger partial charge in [-0.25, -0.2) is 0 Å². The number of benzene rings is 8. The average molecular weight is 680 g/mol. The Morgan fingerprint density at radius 1 is 0.415 bits per heavy atom. The topological polar surface area (TPSA) is 16.4 Å². The normalized spacial score (nSPS) is 12.9. The van der Waals surface area contributed by atoms with E-state index < -0.39 is 0 Å². The highest BCUT2D eigenvalue weighted by molar-refractivity contribution is 6.18. The predicted molar refractivity (Wildman–Crippen MR) is 222 cm³/mol. The van der Waals surface area contributed by atoms with Crippen LogP contribution in [-0.2, 0) is 5.41 Å². The molecular formula is C51H37NO. The van der Waals surface area contributed by atoms with Crippen molar-refractivity contribution in [1.29, 1.82) is 0 Å². The molecule has 1 aromatic heterocycles. The van der Waals surface area contributed by atoms with Gasteiger partial charge in [0, 0.05) is 27.7 Å². The summed E-state index contributed by atoms with van der Waals surface area (Å²) in [6.45, 7) is 4.65. The fourth-order valence-electron chi connectivity index (χ4n) is 8.38. The molecule has 0 N–H and O–H groups in total. The fourth-order valence-corrected chi connectivity index (χ4v) is 8.38. The second-order valence-corrected chi connectivity index (χ2v) is 14.5. The zero-order valence-corrected chi connectivity index (χ0v) is 29.8. The van der Waals surface area contributed by atoms with E-state index in [1.807, 2.05) is 0 Å². The number of hydrogen-bond donors (Lipinski definition) is 0. The summed E-state index contributed by atoms with van der Waals surface area (Å²) in [5.74, 6) is 0. The van der Waals surface area contributed by atoms with Gasteiger partial charge in [0.25, 0.3) is 0 Å². The Labute approximate surface area is 310 Å². The van der Waals surface area contributed by atoms with Gasteiger partial charge in [0.05, 0.1) is 11.1 Å². The van der Waals surface area contributed by atoms with E-state index in [-0.39, 0.29) is 5.41 Å². The maximum Gasteiger partial charge on any atom is 0.145 e. The van der Waals surface area contributed by atoms with Crippen LogP contribution in [0.15, 0.2) is 192 Å². The van der Waals surface area contributed by atoms with Crippen molar-refractivity contribution in [2.75, 3.05) is 4.90 Å². The minimum absolute atomic E-state index is 0.128. The van der Waals surface area contributed by atoms with Crippen molar-refractivity contribution < 1.29 is 4.42 Å². The lowest BCUT2D eigenvalue weighted by Crippen LogP contribution is -2.14. The number of fused-ring (bicyclic) bond motifs is 6. The van der Waals surface area contributed by atoms with Gasteiger partial charge in [-0.05, 0) is 98.6 Å². The van der Waals surface area contributed by atoms with Crippen molar-refractivity contribution in [3.8, 4) is 44.5 Å². The molecule has 0 aliphatic heterocycles. The van der Waals surface area contributed by atoms with Gasteiger partial charge in [-0.3, -0.25) is 0 Å². The molecule has 0 saturated carbocycles. The van der Waals surface area contributed by atoms with Crippen LogP contribution in [0.25, 0.3) is 66.4 Å². The van der Waals surface area contributed by atoms with Crippen LogP contribution in [0.4, 0.5) is 17.1 Å². The number of furan rings is 1. The molecule has 0 atom stereocenters. The Kier molecular flexibility index (Phi) is 7.19. The zero-order valence-electron chi connectivity index (χ0n) is 29.8. The average Bonchev–Trinajstić information content (AvgIpc) is 3.71. The molecule has 252 valence electrons. The maximum atomic E-state index is 7.05. The van der Waals surface area contributed by atoms with E-state index in [0.29, 0.717) is 0 Å². The largest absolute Gasteiger partial charge is 0.455 e. The highest BCUT2D eigenvalue weighted by Gasteiger charge is 2.36. The lowest BCUT2D eigenvalue weighted by molar-refractivity contribution is 0.648. The third-order valence-corrected chi connectivity index (χ3v) is 11.1. The number of rotatable bonds is 6. The summed E-state index contributed by atoms with van der Waals surface area (Å²) in [5.41, 5.74) is 17.1. The second kappa shape index (κ2) is 12.3. The van der Waals surface area contributed by atoms with Gasteiger partial charge in [-0.2, -0.15) is 0 Å². The van der Waals surface area contributed by atoms with Crippen molar-refractivity contribution in [3.05, 3.63) is 199 Å². The number of hydrogen-bond acceptors (Lipinski definition) is 2. The molecule has 1 aliphatic carbocycles. The quantitative estimate of drug-likeness (QED) is 0.174. The fraction of sp³-hybridized carbons (Fsp3) is 0.0588. The van der Waals surface area contributed by atoms with Gasteiger partial charge in [0.15, 0.2) is 0 Å². The first-order valence-corrected chi connectivity index (χ1v) is 18.3. The Bertz CT molecular complexity index is 2680. The van der Waals surface area contributed by atoms with Gasteiger partial charge in [0.1, 0.15) is 11.2 Å². The van der Waals surface area contributed by atoms with Crippen molar-refractivity contribution in [2.24, 2.45) is 0 Å². The summed E-state index contributed by atoms with van der Waals surface area (Å²) in [4.78, 5) is 2.39. The SMILES string of the molecule is CC1(C)c2ccccc2-c2cc3c(cc21)oc1c(-c2ccccc2)ccc(N(c2ccc(-c4ccccc4)cc2)c2ccc(-c4ccccc4)cc2)c13. The standard InChI is InChI=1S/C51H37NO/c1-51(2)45-21-13-12-20-42(45)43-32-44-48(33-46(43)51)53-50-41(38-18-10-5-11-19-38)30-31-47(49(44)50)52(39-26-22-36(23-27-39)34-14-6-3-7-15-34)40-28-24-37(25-29-40)35-16-8-4-9-17-35/h3-33H,1-2H3. The second-order valence-electron chi connectivity index (χ2n) is 14.5. The molecule has 10 rings (SSSR count). The highest BCUT2D eigenvalue weighted by Crippen LogP contribution is 2.53. The van der Waals surface area contributed by atoms with Crippen LogP contribution in [0.5, 0.6) is 0 Å². The minimum Gasteiger partial charge on any atom is -0.455 e. The van der Waals surface area contributed by atoms with Crippen molar-refractivity contribution in [3.63, 3.8) is 0 Å². The van der Waals surface area contributed by atoms with Gasteiger partial charge in [-0.1, -0.05) is 153 Å². The Morgan fingerprint density at radius 3 is 1.51 bits per heavy atom. The van der Waals surface area contributed by atoms with Crippen molar-refractivity contribution in [1.82, 2.24) is 0 Å². The molecule has 0 bridgehead atoms. The Balaban J connectivity index is 1.24. The molecule has 2 heteroatoms. The third kappa shape index (κ3) is 5.10. The lowest BCUT2D eigenvalue weighted by Gasteiger charge is -2.27. The van der Waals surface area contributed by atoms with E-state index in [9.17, 15) is 0 Å². The first-order valence-electron chi connectivity index (χ1n) is 18.3. The van der Waals surface area contributed by atoms with E-state index in [1.165, 1.54) is 44.5 Å². The predicted octanol–water partition coefficient (Wildman–Crippen LogP) is 14.4. The molecule has 8 aromatic carbocycles. The summed E-state index contributed by atoms with van der Waals surface area (Å²) >= 11 is 0. The first-order chi connectivity index (χ1) is 26.0. The molecule has 53 heavy (non-hydrogen) atoms. The summed E-state index contributed by atoms with van der Waals surface area (Å²) in [6.07, 6.45) is 0. The van der Waals surface area contributed by atoms with Crippen molar-refractivity contribution >= 4 is 39.0 Å². The van der Waals surface area contributed by atoms with E-state index in [1.54, 1.807) is 0 Å². The lowest BCUT2D eigenvalue weighted by atomic mass is 9.82. The number of nitrogens with zero attached hydrogens (tertiary/aromatic N) is 1. The molecule has 0 fully saturated rings. The van der Waals surface area contributed by atoms with Gasteiger partial charge in [0.2, 0.25) is 0 Å². The molecule has 2 nitrogen and oxygen atoms in total. The Morgan fingerprint density at radius 2 is 0.925 bits per heavy atom. The van der Waals surface area contributed by atoms with E-state index in [4.69, 9.17) is 4.42 Å². The van der Waals surface area contributed by atoms with Gasteiger partial charge >= 0.3 is 0 Å². The first kappa shape index (κ1) is 31.1. The molecule has 0 unspecified atom stereocenters. The van der Waals surface area contributed by atoms with Crippen LogP contribution in [0.3, 0.4) is 0 Å². The molecule has 9 aromatic rings. The molecular weight excluding hydrogens is 643 g/mol. The van der Waals surface area contributed by atoms with Crippen LogP contribution in [-0.4, -0.2) is 0 Å². The summed E-state index contributed by atoms with van der Waals surface area (Å²) in [6, 6.07) is 67.7. The van der Waals surface area contributed by atoms with Crippen LogP contribution < -0.4 is 4.90 Å². The zero-order chi connectivity index (χ0) is 35.5. The smallest absolute Gasteiger partial charge is 0.145 e. The molecule has 0 saturated heterocycles. The maximum absolute atomic E-state index is 7.05. The highest BCUT2D eigenvalue weighted by atomic mass is 16.3. The van der Waals surface area contributed by atoms with Crippen LogP contribution in [0.2, 0.25) is 0 Å². The van der Waals surface area contributed by atoms with Gasteiger partial charge in [-0.15, -0.1) is 0 Å². The summed E-state index contributed by atoms with van der Waals surface area (Å²) in [7, 11) is 0. The Hall–Kier alpha value is -6.64. The van der Waals surface area contributed by atoms with Crippen LogP contribution in [0, 0.1) is 0 Å². The van der Waals surface area contributed by atoms with Crippen LogP contribution in [0.1, 0.15) is 25.0 Å². The summed E-state index contributed by atoms with van der Waals surface area (Å²) < 4.78 is 7.05. The van der Waals surface area contributed by atoms with E-state index >= 15 is 0 Å². The van der Waals surface area contributed by atoms with Crippen molar-refractivity contribution in [2.45, 2.75) is 19.3 Å². The van der Waals surface area contributed by atoms with Gasteiger partial charge < -0.3 is 9.32 Å². The molecule has 0 amide bonds. The van der Waals surface area contributed by atoms with Crippen LogP contribution >= 0.6 is 0 Å². The van der Waals surface area contributed by atoms with E-state index in [0.717, 1.165) is 50.1 Å².